The van der Waals surface area contributed by atoms with Crippen LogP contribution in [-0.4, -0.2) is 25.6 Å². The molecule has 0 saturated heterocycles. The van der Waals surface area contributed by atoms with Crippen LogP contribution in [0.5, 0.6) is 0 Å². The number of amides is 1. The average molecular weight is 457 g/mol. The molecule has 2 aromatic rings. The van der Waals surface area contributed by atoms with Gasteiger partial charge in [0, 0.05) is 6.26 Å². The lowest BCUT2D eigenvalue weighted by Crippen LogP contribution is -2.23. The van der Waals surface area contributed by atoms with Crippen LogP contribution in [0.4, 0.5) is 5.13 Å². The minimum atomic E-state index is -3.25. The molecule has 8 heteroatoms. The average Bonchev–Trinajstić information content (AvgIpc) is 3.23. The molecule has 1 aliphatic carbocycles. The van der Waals surface area contributed by atoms with Gasteiger partial charge in [-0.2, -0.15) is 0 Å². The van der Waals surface area contributed by atoms with E-state index in [1.165, 1.54) is 30.4 Å². The van der Waals surface area contributed by atoms with E-state index in [-0.39, 0.29) is 16.7 Å². The van der Waals surface area contributed by atoms with Crippen LogP contribution in [0.2, 0.25) is 0 Å². The van der Waals surface area contributed by atoms with Gasteiger partial charge in [-0.25, -0.2) is 13.4 Å². The highest BCUT2D eigenvalue weighted by atomic mass is 79.9. The summed E-state index contributed by atoms with van der Waals surface area (Å²) < 4.78 is 24.2. The molecule has 1 amide bonds. The number of nitrogens with one attached hydrogen (secondary N) is 1. The molecule has 0 aliphatic heterocycles. The molecule has 1 heterocycles. The van der Waals surface area contributed by atoms with E-state index in [0.717, 1.165) is 28.6 Å². The Labute approximate surface area is 166 Å². The predicted molar refractivity (Wildman–Crippen MR) is 107 cm³/mol. The first-order chi connectivity index (χ1) is 12.3. The van der Waals surface area contributed by atoms with Gasteiger partial charge in [-0.05, 0) is 46.0 Å². The zero-order valence-corrected chi connectivity index (χ0v) is 17.7. The number of hydrogen-bond acceptors (Lipinski definition) is 5. The number of rotatable bonds is 6. The van der Waals surface area contributed by atoms with E-state index >= 15 is 0 Å². The van der Waals surface area contributed by atoms with E-state index in [1.807, 2.05) is 0 Å². The molecule has 5 nitrogen and oxygen atoms in total. The van der Waals surface area contributed by atoms with Crippen LogP contribution in [0.15, 0.2) is 39.1 Å². The van der Waals surface area contributed by atoms with Crippen molar-refractivity contribution in [1.29, 1.82) is 0 Å². The van der Waals surface area contributed by atoms with Crippen LogP contribution in [0.1, 0.15) is 43.6 Å². The van der Waals surface area contributed by atoms with Crippen molar-refractivity contribution in [1.82, 2.24) is 4.98 Å². The molecule has 26 heavy (non-hydrogen) atoms. The number of anilines is 1. The molecule has 3 rings (SSSR count). The summed E-state index contributed by atoms with van der Waals surface area (Å²) in [6.45, 7) is 0. The minimum Gasteiger partial charge on any atom is -0.301 e. The maximum absolute atomic E-state index is 12.9. The molecule has 0 bridgehead atoms. The van der Waals surface area contributed by atoms with Crippen molar-refractivity contribution in [3.8, 4) is 0 Å². The SMILES string of the molecule is CS(=O)(=O)c1ccc(C(CC2CCCC2)C(=O)Nc2ncc(Br)s2)cc1. The number of halogens is 1. The number of sulfone groups is 1. The number of hydrogen-bond donors (Lipinski definition) is 1. The maximum atomic E-state index is 12.9. The number of benzene rings is 1. The van der Waals surface area contributed by atoms with Crippen LogP contribution in [0, 0.1) is 5.92 Å². The topological polar surface area (TPSA) is 76.1 Å². The van der Waals surface area contributed by atoms with Crippen LogP contribution in [0.3, 0.4) is 0 Å². The highest BCUT2D eigenvalue weighted by Gasteiger charge is 2.27. The zero-order valence-electron chi connectivity index (χ0n) is 14.4. The number of carbonyl (C=O) groups is 1. The maximum Gasteiger partial charge on any atom is 0.233 e. The molecule has 1 aliphatic rings. The van der Waals surface area contributed by atoms with E-state index in [1.54, 1.807) is 30.5 Å². The summed E-state index contributed by atoms with van der Waals surface area (Å²) in [4.78, 5) is 17.4. The van der Waals surface area contributed by atoms with Gasteiger partial charge in [0.2, 0.25) is 5.91 Å². The Hall–Kier alpha value is -1.25. The first kappa shape index (κ1) is 19.5. The third-order valence-electron chi connectivity index (χ3n) is 4.78. The summed E-state index contributed by atoms with van der Waals surface area (Å²) in [6.07, 6.45) is 8.34. The van der Waals surface area contributed by atoms with E-state index in [4.69, 9.17) is 0 Å². The van der Waals surface area contributed by atoms with Crippen LogP contribution in [0.25, 0.3) is 0 Å². The van der Waals surface area contributed by atoms with Crippen molar-refractivity contribution in [2.45, 2.75) is 42.9 Å². The van der Waals surface area contributed by atoms with Crippen molar-refractivity contribution in [2.75, 3.05) is 11.6 Å². The van der Waals surface area contributed by atoms with Crippen LogP contribution in [-0.2, 0) is 14.6 Å². The first-order valence-electron chi connectivity index (χ1n) is 8.55. The summed E-state index contributed by atoms with van der Waals surface area (Å²) in [5.74, 6) is 0.128. The van der Waals surface area contributed by atoms with Crippen molar-refractivity contribution in [2.24, 2.45) is 5.92 Å². The molecule has 1 atom stereocenters. The van der Waals surface area contributed by atoms with Gasteiger partial charge in [0.25, 0.3) is 0 Å². The predicted octanol–water partition coefficient (Wildman–Crippen LogP) is 4.61. The standard InChI is InChI=1S/C18H21BrN2O3S2/c1-26(23,24)14-8-6-13(7-9-14)15(10-12-4-2-3-5-12)17(22)21-18-20-11-16(19)25-18/h6-9,11-12,15H,2-5,10H2,1H3,(H,20,21,22). The van der Waals surface area contributed by atoms with Gasteiger partial charge < -0.3 is 5.32 Å². The Bertz CT molecular complexity index is 872. The number of aromatic nitrogens is 1. The van der Waals surface area contributed by atoms with E-state index < -0.39 is 9.84 Å². The molecular formula is C18H21BrN2O3S2. The molecule has 0 spiro atoms. The second-order valence-corrected chi connectivity index (χ2v) is 11.2. The van der Waals surface area contributed by atoms with Gasteiger partial charge in [-0.15, -0.1) is 0 Å². The fraction of sp³-hybridized carbons (Fsp3) is 0.444. The van der Waals surface area contributed by atoms with Gasteiger partial charge in [0.1, 0.15) is 0 Å². The smallest absolute Gasteiger partial charge is 0.233 e. The fourth-order valence-corrected chi connectivity index (χ4v) is 5.17. The summed E-state index contributed by atoms with van der Waals surface area (Å²) in [6, 6.07) is 6.68. The molecular weight excluding hydrogens is 436 g/mol. The largest absolute Gasteiger partial charge is 0.301 e. The second-order valence-electron chi connectivity index (χ2n) is 6.74. The fourth-order valence-electron chi connectivity index (χ4n) is 3.43. The molecule has 1 saturated carbocycles. The number of nitrogens with zero attached hydrogens (tertiary/aromatic N) is 1. The van der Waals surface area contributed by atoms with Crippen LogP contribution >= 0.6 is 27.3 Å². The second kappa shape index (κ2) is 8.19. The van der Waals surface area contributed by atoms with Gasteiger partial charge in [0.15, 0.2) is 15.0 Å². The minimum absolute atomic E-state index is 0.0918. The summed E-state index contributed by atoms with van der Waals surface area (Å²) >= 11 is 4.72. The first-order valence-corrected chi connectivity index (χ1v) is 12.1. The highest BCUT2D eigenvalue weighted by Crippen LogP contribution is 2.35. The zero-order chi connectivity index (χ0) is 18.7. The monoisotopic (exact) mass is 456 g/mol. The Balaban J connectivity index is 1.83. The lowest BCUT2D eigenvalue weighted by Gasteiger charge is -2.20. The van der Waals surface area contributed by atoms with Gasteiger partial charge in [0.05, 0.1) is 20.8 Å². The van der Waals surface area contributed by atoms with Crippen molar-refractivity contribution >= 4 is 48.1 Å². The summed E-state index contributed by atoms with van der Waals surface area (Å²) in [5.41, 5.74) is 0.845. The van der Waals surface area contributed by atoms with Gasteiger partial charge >= 0.3 is 0 Å². The Morgan fingerprint density at radius 2 is 1.96 bits per heavy atom. The molecule has 0 radical (unpaired) electrons. The number of carbonyl (C=O) groups excluding carboxylic acids is 1. The Morgan fingerprint density at radius 1 is 1.31 bits per heavy atom. The Morgan fingerprint density at radius 3 is 2.50 bits per heavy atom. The highest BCUT2D eigenvalue weighted by molar-refractivity contribution is 9.11. The lowest BCUT2D eigenvalue weighted by molar-refractivity contribution is -0.118. The van der Waals surface area contributed by atoms with Gasteiger partial charge in [-0.1, -0.05) is 49.2 Å². The van der Waals surface area contributed by atoms with E-state index in [2.05, 4.69) is 26.2 Å². The molecule has 1 N–H and O–H groups in total. The normalized spacial score (nSPS) is 16.5. The van der Waals surface area contributed by atoms with Crippen LogP contribution < -0.4 is 5.32 Å². The van der Waals surface area contributed by atoms with Crippen molar-refractivity contribution in [3.05, 3.63) is 39.8 Å². The quantitative estimate of drug-likeness (QED) is 0.687. The molecule has 1 aromatic carbocycles. The lowest BCUT2D eigenvalue weighted by atomic mass is 9.87. The molecule has 1 fully saturated rings. The molecule has 1 unspecified atom stereocenters. The summed E-state index contributed by atoms with van der Waals surface area (Å²) in [5, 5.41) is 3.46. The Kier molecular flexibility index (Phi) is 6.14. The van der Waals surface area contributed by atoms with E-state index in [9.17, 15) is 13.2 Å². The van der Waals surface area contributed by atoms with Crippen molar-refractivity contribution in [3.63, 3.8) is 0 Å². The van der Waals surface area contributed by atoms with Crippen molar-refractivity contribution < 1.29 is 13.2 Å². The third kappa shape index (κ3) is 4.92. The molecule has 140 valence electrons. The van der Waals surface area contributed by atoms with E-state index in [0.29, 0.717) is 11.0 Å². The summed E-state index contributed by atoms with van der Waals surface area (Å²) in [7, 11) is -3.25. The number of thiazole rings is 1. The molecule has 1 aromatic heterocycles. The van der Waals surface area contributed by atoms with Gasteiger partial charge in [-0.3, -0.25) is 4.79 Å². The third-order valence-corrected chi connectivity index (χ3v) is 7.30.